The lowest BCUT2D eigenvalue weighted by atomic mass is 9.80. The summed E-state index contributed by atoms with van der Waals surface area (Å²) in [6.45, 7) is 6.47. The van der Waals surface area contributed by atoms with Crippen molar-refractivity contribution in [3.8, 4) is 0 Å². The first kappa shape index (κ1) is 10.4. The van der Waals surface area contributed by atoms with E-state index in [4.69, 9.17) is 0 Å². The minimum Gasteiger partial charge on any atom is -0.300 e. The number of rotatable bonds is 1. The van der Waals surface area contributed by atoms with Gasteiger partial charge in [0.1, 0.15) is 5.78 Å². The van der Waals surface area contributed by atoms with Crippen LogP contribution in [0.2, 0.25) is 0 Å². The van der Waals surface area contributed by atoms with Gasteiger partial charge in [0.25, 0.3) is 0 Å². The Balaban J connectivity index is 2.37. The summed E-state index contributed by atoms with van der Waals surface area (Å²) in [5, 5.41) is 0. The van der Waals surface area contributed by atoms with Gasteiger partial charge in [0, 0.05) is 12.8 Å². The van der Waals surface area contributed by atoms with E-state index >= 15 is 0 Å². The van der Waals surface area contributed by atoms with Crippen LogP contribution in [0.5, 0.6) is 0 Å². The molecule has 0 amide bonds. The van der Waals surface area contributed by atoms with Crippen LogP contribution in [-0.2, 0) is 10.2 Å². The molecule has 2 rings (SSSR count). The minimum absolute atomic E-state index is 0.0928. The van der Waals surface area contributed by atoms with E-state index in [1.54, 1.807) is 0 Å². The second-order valence-corrected chi connectivity index (χ2v) is 5.08. The van der Waals surface area contributed by atoms with Gasteiger partial charge in [-0.15, -0.1) is 0 Å². The van der Waals surface area contributed by atoms with Crippen LogP contribution in [0.25, 0.3) is 0 Å². The first-order valence-corrected chi connectivity index (χ1v) is 5.61. The van der Waals surface area contributed by atoms with Crippen molar-refractivity contribution in [2.45, 2.75) is 45.4 Å². The van der Waals surface area contributed by atoms with Gasteiger partial charge in [0.2, 0.25) is 0 Å². The molecule has 1 unspecified atom stereocenters. The number of hydrogen-bond acceptors (Lipinski definition) is 1. The molecule has 1 aliphatic rings. The topological polar surface area (TPSA) is 17.1 Å². The summed E-state index contributed by atoms with van der Waals surface area (Å²) in [6, 6.07) is 6.59. The predicted octanol–water partition coefficient (Wildman–Crippen LogP) is 3.31. The zero-order valence-electron chi connectivity index (χ0n) is 9.76. The van der Waals surface area contributed by atoms with Gasteiger partial charge in [0.05, 0.1) is 0 Å². The molecule has 15 heavy (non-hydrogen) atoms. The van der Waals surface area contributed by atoms with E-state index in [2.05, 4.69) is 39.0 Å². The van der Waals surface area contributed by atoms with E-state index < -0.39 is 0 Å². The maximum absolute atomic E-state index is 11.4. The van der Waals surface area contributed by atoms with Gasteiger partial charge in [-0.3, -0.25) is 4.79 Å². The van der Waals surface area contributed by atoms with Gasteiger partial charge >= 0.3 is 0 Å². The Labute approximate surface area is 91.5 Å². The lowest BCUT2D eigenvalue weighted by Gasteiger charge is -2.24. The lowest BCUT2D eigenvalue weighted by molar-refractivity contribution is -0.117. The quantitative estimate of drug-likeness (QED) is 0.682. The second-order valence-electron chi connectivity index (χ2n) is 5.08. The van der Waals surface area contributed by atoms with Gasteiger partial charge in [-0.05, 0) is 42.4 Å². The van der Waals surface area contributed by atoms with Crippen molar-refractivity contribution >= 4 is 5.78 Å². The predicted molar refractivity (Wildman–Crippen MR) is 62.1 cm³/mol. The van der Waals surface area contributed by atoms with Crippen molar-refractivity contribution in [1.82, 2.24) is 0 Å². The Morgan fingerprint density at radius 2 is 1.93 bits per heavy atom. The van der Waals surface area contributed by atoms with Crippen molar-refractivity contribution in [3.63, 3.8) is 0 Å². The molecular formula is C14H18O. The molecule has 1 nitrogen and oxygen atoms in total. The summed E-state index contributed by atoms with van der Waals surface area (Å²) < 4.78 is 0. The van der Waals surface area contributed by atoms with Crippen LogP contribution in [0, 0.1) is 13.8 Å². The Hall–Kier alpha value is -1.11. The molecule has 1 heteroatoms. The Kier molecular flexibility index (Phi) is 2.41. The highest BCUT2D eigenvalue weighted by molar-refractivity contribution is 5.82. The van der Waals surface area contributed by atoms with Crippen LogP contribution in [0.15, 0.2) is 18.2 Å². The molecule has 0 bridgehead atoms. The van der Waals surface area contributed by atoms with E-state index in [0.717, 1.165) is 19.3 Å². The molecule has 1 aliphatic carbocycles. The number of carbonyl (C=O) groups excluding carboxylic acids is 1. The zero-order valence-corrected chi connectivity index (χ0v) is 9.76. The Morgan fingerprint density at radius 3 is 2.47 bits per heavy atom. The third-order valence-electron chi connectivity index (χ3n) is 3.75. The summed E-state index contributed by atoms with van der Waals surface area (Å²) in [4.78, 5) is 11.4. The molecule has 0 aliphatic heterocycles. The molecule has 0 saturated heterocycles. The van der Waals surface area contributed by atoms with Crippen LogP contribution in [0.1, 0.15) is 42.9 Å². The zero-order chi connectivity index (χ0) is 11.1. The Bertz CT molecular complexity index is 406. The van der Waals surface area contributed by atoms with E-state index in [1.807, 2.05) is 0 Å². The summed E-state index contributed by atoms with van der Waals surface area (Å²) in [6.07, 6.45) is 2.48. The molecule has 0 radical (unpaired) electrons. The SMILES string of the molecule is Cc1ccc(C2(C)CCC(=O)C2)cc1C. The summed E-state index contributed by atoms with van der Waals surface area (Å²) in [5.41, 5.74) is 4.08. The van der Waals surface area contributed by atoms with Crippen molar-refractivity contribution in [1.29, 1.82) is 0 Å². The van der Waals surface area contributed by atoms with E-state index in [0.29, 0.717) is 5.78 Å². The molecule has 80 valence electrons. The average molecular weight is 202 g/mol. The van der Waals surface area contributed by atoms with Crippen molar-refractivity contribution in [3.05, 3.63) is 34.9 Å². The molecule has 1 aromatic rings. The first-order chi connectivity index (χ1) is 7.01. The fourth-order valence-corrected chi connectivity index (χ4v) is 2.39. The number of hydrogen-bond donors (Lipinski definition) is 0. The van der Waals surface area contributed by atoms with E-state index in [9.17, 15) is 4.79 Å². The largest absolute Gasteiger partial charge is 0.300 e. The van der Waals surface area contributed by atoms with Gasteiger partial charge in [-0.25, -0.2) is 0 Å². The van der Waals surface area contributed by atoms with Crippen molar-refractivity contribution in [2.24, 2.45) is 0 Å². The van der Waals surface area contributed by atoms with Crippen LogP contribution < -0.4 is 0 Å². The number of ketones is 1. The molecule has 1 atom stereocenters. The standard InChI is InChI=1S/C14H18O/c1-10-4-5-12(8-11(10)2)14(3)7-6-13(15)9-14/h4-5,8H,6-7,9H2,1-3H3. The minimum atomic E-state index is 0.0928. The van der Waals surface area contributed by atoms with Gasteiger partial charge in [-0.2, -0.15) is 0 Å². The molecule has 0 heterocycles. The summed E-state index contributed by atoms with van der Waals surface area (Å²) in [5.74, 6) is 0.413. The molecule has 0 N–H and O–H groups in total. The molecule has 1 fully saturated rings. The fraction of sp³-hybridized carbons (Fsp3) is 0.500. The van der Waals surface area contributed by atoms with Gasteiger partial charge < -0.3 is 0 Å². The van der Waals surface area contributed by atoms with E-state index in [1.165, 1.54) is 16.7 Å². The monoisotopic (exact) mass is 202 g/mol. The number of benzene rings is 1. The summed E-state index contributed by atoms with van der Waals surface area (Å²) in [7, 11) is 0. The van der Waals surface area contributed by atoms with Crippen LogP contribution >= 0.6 is 0 Å². The van der Waals surface area contributed by atoms with Crippen LogP contribution in [-0.4, -0.2) is 5.78 Å². The average Bonchev–Trinajstić information content (AvgIpc) is 2.52. The Morgan fingerprint density at radius 1 is 1.20 bits per heavy atom. The summed E-state index contributed by atoms with van der Waals surface area (Å²) >= 11 is 0. The highest BCUT2D eigenvalue weighted by Gasteiger charge is 2.35. The molecule has 0 aromatic heterocycles. The van der Waals surface area contributed by atoms with Gasteiger partial charge in [-0.1, -0.05) is 25.1 Å². The van der Waals surface area contributed by atoms with E-state index in [-0.39, 0.29) is 5.41 Å². The third kappa shape index (κ3) is 1.83. The van der Waals surface area contributed by atoms with Gasteiger partial charge in [0.15, 0.2) is 0 Å². The van der Waals surface area contributed by atoms with Crippen LogP contribution in [0.3, 0.4) is 0 Å². The maximum Gasteiger partial charge on any atom is 0.133 e. The van der Waals surface area contributed by atoms with Crippen molar-refractivity contribution < 1.29 is 4.79 Å². The molecule has 1 saturated carbocycles. The second kappa shape index (κ2) is 3.48. The van der Waals surface area contributed by atoms with Crippen LogP contribution in [0.4, 0.5) is 0 Å². The fourth-order valence-electron chi connectivity index (χ4n) is 2.39. The number of aryl methyl sites for hydroxylation is 2. The maximum atomic E-state index is 11.4. The number of carbonyl (C=O) groups is 1. The lowest BCUT2D eigenvalue weighted by Crippen LogP contribution is -2.18. The van der Waals surface area contributed by atoms with Crippen molar-refractivity contribution in [2.75, 3.05) is 0 Å². The smallest absolute Gasteiger partial charge is 0.133 e. The molecule has 1 aromatic carbocycles. The first-order valence-electron chi connectivity index (χ1n) is 5.61. The third-order valence-corrected chi connectivity index (χ3v) is 3.75. The number of Topliss-reactive ketones (excluding diaryl/α,β-unsaturated/α-hetero) is 1. The molecule has 0 spiro atoms. The highest BCUT2D eigenvalue weighted by Crippen LogP contribution is 2.39. The highest BCUT2D eigenvalue weighted by atomic mass is 16.1. The normalized spacial score (nSPS) is 25.9. The molecular weight excluding hydrogens is 184 g/mol.